The number of morpholine rings is 1. The Balaban J connectivity index is 2.97. The third kappa shape index (κ3) is 3.93. The van der Waals surface area contributed by atoms with E-state index in [2.05, 4.69) is 0 Å². The maximum atomic E-state index is 12.5. The maximum absolute atomic E-state index is 12.5. The van der Waals surface area contributed by atoms with Gasteiger partial charge in [0.25, 0.3) is 0 Å². The molecular formula is C14H25NO5. The fourth-order valence-corrected chi connectivity index (χ4v) is 2.59. The average Bonchev–Trinajstić information content (AvgIpc) is 2.24. The lowest BCUT2D eigenvalue weighted by Crippen LogP contribution is -2.58. The van der Waals surface area contributed by atoms with Crippen LogP contribution >= 0.6 is 0 Å². The molecule has 0 aromatic carbocycles. The third-order valence-corrected chi connectivity index (χ3v) is 3.36. The zero-order chi connectivity index (χ0) is 15.7. The number of rotatable bonds is 3. The summed E-state index contributed by atoms with van der Waals surface area (Å²) in [6.45, 7) is 9.20. The minimum atomic E-state index is -1.12. The molecule has 1 fully saturated rings. The summed E-state index contributed by atoms with van der Waals surface area (Å²) in [5.41, 5.74) is -1.26. The van der Waals surface area contributed by atoms with E-state index in [1.807, 2.05) is 13.8 Å². The minimum absolute atomic E-state index is 0.194. The average molecular weight is 287 g/mol. The summed E-state index contributed by atoms with van der Waals surface area (Å²) in [6.07, 6.45) is -0.475. The van der Waals surface area contributed by atoms with Gasteiger partial charge in [-0.1, -0.05) is 20.8 Å². The van der Waals surface area contributed by atoms with Crippen molar-refractivity contribution >= 4 is 11.9 Å². The number of carboxylic acids is 1. The summed E-state index contributed by atoms with van der Waals surface area (Å²) in [5, 5.41) is 18.6. The summed E-state index contributed by atoms with van der Waals surface area (Å²) < 4.78 is 5.64. The largest absolute Gasteiger partial charge is 0.481 e. The van der Waals surface area contributed by atoms with E-state index in [4.69, 9.17) is 4.74 Å². The van der Waals surface area contributed by atoms with Gasteiger partial charge < -0.3 is 19.8 Å². The monoisotopic (exact) mass is 287 g/mol. The Bertz CT molecular complexity index is 386. The molecule has 0 aromatic rings. The predicted molar refractivity (Wildman–Crippen MR) is 73.2 cm³/mol. The molecule has 1 saturated heterocycles. The zero-order valence-electron chi connectivity index (χ0n) is 12.8. The Kier molecular flexibility index (Phi) is 4.82. The van der Waals surface area contributed by atoms with Gasteiger partial charge in [-0.05, 0) is 19.3 Å². The van der Waals surface area contributed by atoms with Gasteiger partial charge in [-0.2, -0.15) is 0 Å². The van der Waals surface area contributed by atoms with E-state index < -0.39 is 34.9 Å². The SMILES string of the molecule is CC1(C)CN(C(=O)C(C(=O)O)C(C)(C)C)CC(CO)O1. The predicted octanol–water partition coefficient (Wildman–Crippen LogP) is 0.732. The highest BCUT2D eigenvalue weighted by Crippen LogP contribution is 2.30. The van der Waals surface area contributed by atoms with Crippen LogP contribution in [0.3, 0.4) is 0 Å². The summed E-state index contributed by atoms with van der Waals surface area (Å²) in [4.78, 5) is 25.5. The quantitative estimate of drug-likeness (QED) is 0.747. The highest BCUT2D eigenvalue weighted by atomic mass is 16.5. The zero-order valence-corrected chi connectivity index (χ0v) is 12.8. The van der Waals surface area contributed by atoms with Crippen LogP contribution in [0.2, 0.25) is 0 Å². The Morgan fingerprint density at radius 3 is 2.35 bits per heavy atom. The molecule has 2 N–H and O–H groups in total. The van der Waals surface area contributed by atoms with Gasteiger partial charge in [0.05, 0.1) is 18.3 Å². The van der Waals surface area contributed by atoms with E-state index in [1.54, 1.807) is 20.8 Å². The first kappa shape index (κ1) is 16.9. The van der Waals surface area contributed by atoms with Gasteiger partial charge >= 0.3 is 5.97 Å². The first-order valence-electron chi connectivity index (χ1n) is 6.78. The molecule has 0 saturated carbocycles. The molecule has 6 heteroatoms. The number of nitrogens with zero attached hydrogens (tertiary/aromatic N) is 1. The number of hydrogen-bond acceptors (Lipinski definition) is 4. The van der Waals surface area contributed by atoms with Crippen molar-refractivity contribution in [1.82, 2.24) is 4.90 Å². The lowest BCUT2D eigenvalue weighted by Gasteiger charge is -2.44. The second-order valence-electron chi connectivity index (χ2n) is 7.04. The van der Waals surface area contributed by atoms with Crippen LogP contribution in [0, 0.1) is 11.3 Å². The van der Waals surface area contributed by atoms with E-state index in [9.17, 15) is 19.8 Å². The van der Waals surface area contributed by atoms with Gasteiger partial charge in [0.1, 0.15) is 5.92 Å². The number of ether oxygens (including phenoxy) is 1. The number of aliphatic hydroxyl groups is 1. The number of amides is 1. The Labute approximate surface area is 119 Å². The van der Waals surface area contributed by atoms with Crippen molar-refractivity contribution in [2.45, 2.75) is 46.3 Å². The van der Waals surface area contributed by atoms with Crippen molar-refractivity contribution in [3.05, 3.63) is 0 Å². The Hall–Kier alpha value is -1.14. The van der Waals surface area contributed by atoms with E-state index in [1.165, 1.54) is 4.90 Å². The molecule has 6 nitrogen and oxygen atoms in total. The molecule has 2 atom stereocenters. The fourth-order valence-electron chi connectivity index (χ4n) is 2.59. The van der Waals surface area contributed by atoms with Crippen LogP contribution in [0.4, 0.5) is 0 Å². The number of hydrogen-bond donors (Lipinski definition) is 2. The van der Waals surface area contributed by atoms with Gasteiger partial charge in [0.15, 0.2) is 0 Å². The first-order chi connectivity index (χ1) is 8.98. The molecule has 0 radical (unpaired) electrons. The molecule has 0 aliphatic carbocycles. The molecule has 1 aliphatic heterocycles. The highest BCUT2D eigenvalue weighted by Gasteiger charge is 2.44. The maximum Gasteiger partial charge on any atom is 0.316 e. The Morgan fingerprint density at radius 2 is 1.95 bits per heavy atom. The summed E-state index contributed by atoms with van der Waals surface area (Å²) >= 11 is 0. The molecule has 20 heavy (non-hydrogen) atoms. The molecule has 116 valence electrons. The van der Waals surface area contributed by atoms with E-state index in [0.717, 1.165) is 0 Å². The molecule has 1 amide bonds. The number of carbonyl (C=O) groups is 2. The van der Waals surface area contributed by atoms with Crippen molar-refractivity contribution in [2.24, 2.45) is 11.3 Å². The van der Waals surface area contributed by atoms with Gasteiger partial charge in [0, 0.05) is 13.1 Å². The summed E-state index contributed by atoms with van der Waals surface area (Å²) in [5.74, 6) is -2.64. The number of aliphatic carboxylic acids is 1. The molecule has 1 rings (SSSR count). The molecule has 0 bridgehead atoms. The molecule has 0 aromatic heterocycles. The van der Waals surface area contributed by atoms with E-state index in [0.29, 0.717) is 6.54 Å². The second-order valence-corrected chi connectivity index (χ2v) is 7.04. The fraction of sp³-hybridized carbons (Fsp3) is 0.857. The van der Waals surface area contributed by atoms with Crippen LogP contribution in [0.25, 0.3) is 0 Å². The molecular weight excluding hydrogens is 262 g/mol. The first-order valence-corrected chi connectivity index (χ1v) is 6.78. The standard InChI is InChI=1S/C14H25NO5/c1-13(2,3)10(12(18)19)11(17)15-6-9(7-16)20-14(4,5)8-15/h9-10,16H,6-8H2,1-5H3,(H,18,19). The van der Waals surface area contributed by atoms with Crippen molar-refractivity contribution in [3.8, 4) is 0 Å². The van der Waals surface area contributed by atoms with Crippen LogP contribution in [0.15, 0.2) is 0 Å². The lowest BCUT2D eigenvalue weighted by molar-refractivity contribution is -0.176. The van der Waals surface area contributed by atoms with Crippen molar-refractivity contribution in [2.75, 3.05) is 19.7 Å². The van der Waals surface area contributed by atoms with Gasteiger partial charge in [-0.15, -0.1) is 0 Å². The van der Waals surface area contributed by atoms with E-state index in [-0.39, 0.29) is 13.2 Å². The lowest BCUT2D eigenvalue weighted by atomic mass is 9.79. The van der Waals surface area contributed by atoms with Crippen LogP contribution in [-0.2, 0) is 14.3 Å². The Morgan fingerprint density at radius 1 is 1.40 bits per heavy atom. The van der Waals surface area contributed by atoms with Gasteiger partial charge in [0.2, 0.25) is 5.91 Å². The molecule has 2 unspecified atom stereocenters. The normalized spacial score (nSPS) is 24.3. The van der Waals surface area contributed by atoms with Gasteiger partial charge in [-0.25, -0.2) is 0 Å². The molecule has 1 heterocycles. The topological polar surface area (TPSA) is 87.1 Å². The summed E-state index contributed by atoms with van der Waals surface area (Å²) in [6, 6.07) is 0. The number of carbonyl (C=O) groups excluding carboxylic acids is 1. The number of aliphatic hydroxyl groups excluding tert-OH is 1. The van der Waals surface area contributed by atoms with Crippen molar-refractivity contribution in [3.63, 3.8) is 0 Å². The van der Waals surface area contributed by atoms with Crippen LogP contribution < -0.4 is 0 Å². The third-order valence-electron chi connectivity index (χ3n) is 3.36. The molecule has 0 spiro atoms. The van der Waals surface area contributed by atoms with Crippen LogP contribution in [0.1, 0.15) is 34.6 Å². The molecule has 1 aliphatic rings. The van der Waals surface area contributed by atoms with Crippen molar-refractivity contribution in [1.29, 1.82) is 0 Å². The van der Waals surface area contributed by atoms with Crippen LogP contribution in [0.5, 0.6) is 0 Å². The highest BCUT2D eigenvalue weighted by molar-refractivity contribution is 5.97. The number of carboxylic acid groups (broad SMARTS) is 1. The van der Waals surface area contributed by atoms with Crippen molar-refractivity contribution < 1.29 is 24.5 Å². The second kappa shape index (κ2) is 5.69. The van der Waals surface area contributed by atoms with E-state index >= 15 is 0 Å². The smallest absolute Gasteiger partial charge is 0.316 e. The van der Waals surface area contributed by atoms with Gasteiger partial charge in [-0.3, -0.25) is 9.59 Å². The van der Waals surface area contributed by atoms with Crippen LogP contribution in [-0.4, -0.2) is 58.4 Å². The summed E-state index contributed by atoms with van der Waals surface area (Å²) in [7, 11) is 0. The minimum Gasteiger partial charge on any atom is -0.481 e.